The van der Waals surface area contributed by atoms with Crippen LogP contribution in [-0.4, -0.2) is 59.1 Å². The number of cyclic esters (lactones) is 2. The van der Waals surface area contributed by atoms with Gasteiger partial charge in [-0.2, -0.15) is 5.26 Å². The third-order valence-corrected chi connectivity index (χ3v) is 6.90. The Morgan fingerprint density at radius 1 is 0.979 bits per heavy atom. The van der Waals surface area contributed by atoms with Gasteiger partial charge >= 0.3 is 11.9 Å². The Morgan fingerprint density at radius 3 is 2.46 bits per heavy atom. The number of ether oxygens (including phenoxy) is 4. The number of likely N-dealkylation sites (N-methyl/N-ethyl adjacent to an activating group) is 1. The van der Waals surface area contributed by atoms with E-state index in [1.807, 2.05) is 18.2 Å². The van der Waals surface area contributed by atoms with Crippen molar-refractivity contribution >= 4 is 51.7 Å². The predicted molar refractivity (Wildman–Crippen MR) is 176 cm³/mol. The zero-order chi connectivity index (χ0) is 34.3. The fourth-order valence-corrected chi connectivity index (χ4v) is 4.71. The Bertz CT molecular complexity index is 1980. The number of esters is 2. The molecular formula is C34H29ClN6O7. The van der Waals surface area contributed by atoms with Gasteiger partial charge < -0.3 is 34.5 Å². The van der Waals surface area contributed by atoms with E-state index in [-0.39, 0.29) is 30.3 Å². The van der Waals surface area contributed by atoms with Crippen molar-refractivity contribution in [3.05, 3.63) is 107 Å². The van der Waals surface area contributed by atoms with Crippen LogP contribution in [0.25, 0.3) is 10.9 Å². The van der Waals surface area contributed by atoms with Gasteiger partial charge in [-0.15, -0.1) is 0 Å². The summed E-state index contributed by atoms with van der Waals surface area (Å²) in [7, 11) is 3.38. The predicted octanol–water partition coefficient (Wildman–Crippen LogP) is 4.96. The van der Waals surface area contributed by atoms with Gasteiger partial charge in [0.2, 0.25) is 5.76 Å². The second kappa shape index (κ2) is 14.6. The number of rotatable bonds is 11. The maximum absolute atomic E-state index is 13.3. The van der Waals surface area contributed by atoms with E-state index in [1.165, 1.54) is 6.20 Å². The Hall–Kier alpha value is -5.97. The molecule has 1 aliphatic rings. The van der Waals surface area contributed by atoms with Crippen LogP contribution in [0.3, 0.4) is 0 Å². The lowest BCUT2D eigenvalue weighted by Gasteiger charge is -2.26. The molecule has 0 radical (unpaired) electrons. The average molecular weight is 669 g/mol. The number of anilines is 2. The number of benzene rings is 2. The van der Waals surface area contributed by atoms with Crippen LogP contribution < -0.4 is 20.1 Å². The number of nitrogens with zero attached hydrogens (tertiary/aromatic N) is 4. The van der Waals surface area contributed by atoms with E-state index in [0.717, 1.165) is 17.8 Å². The summed E-state index contributed by atoms with van der Waals surface area (Å²) in [5, 5.41) is 16.6. The number of carbonyl (C=O) groups excluding carboxylic acids is 3. The van der Waals surface area contributed by atoms with Crippen molar-refractivity contribution in [1.29, 1.82) is 5.26 Å². The smallest absolute Gasteiger partial charge is 0.336 e. The van der Waals surface area contributed by atoms with Gasteiger partial charge in [-0.25, -0.2) is 9.59 Å². The van der Waals surface area contributed by atoms with Gasteiger partial charge in [0.05, 0.1) is 22.8 Å². The third kappa shape index (κ3) is 8.43. The summed E-state index contributed by atoms with van der Waals surface area (Å²) in [5.41, 5.74) is 0.440. The van der Waals surface area contributed by atoms with Gasteiger partial charge in [0.25, 0.3) is 11.6 Å². The summed E-state index contributed by atoms with van der Waals surface area (Å²) >= 11 is 6.47. The molecule has 1 unspecified atom stereocenters. The van der Waals surface area contributed by atoms with Gasteiger partial charge in [0.1, 0.15) is 24.2 Å². The molecule has 0 spiro atoms. The van der Waals surface area contributed by atoms with Crippen molar-refractivity contribution in [3.63, 3.8) is 0 Å². The highest BCUT2D eigenvalue weighted by atomic mass is 35.5. The minimum Gasteiger partial charge on any atom is -0.486 e. The molecule has 3 heterocycles. The topological polar surface area (TPSA) is 165 Å². The lowest BCUT2D eigenvalue weighted by atomic mass is 10.1. The molecule has 2 N–H and O–H groups in total. The molecule has 0 bridgehead atoms. The fraction of sp³-hybridized carbons (Fsp3) is 0.176. The van der Waals surface area contributed by atoms with Crippen LogP contribution in [0.15, 0.2) is 96.7 Å². The molecule has 244 valence electrons. The summed E-state index contributed by atoms with van der Waals surface area (Å²) in [5.74, 6) is -2.47. The van der Waals surface area contributed by atoms with Crippen LogP contribution in [0.5, 0.6) is 11.5 Å². The molecule has 4 aromatic rings. The zero-order valence-electron chi connectivity index (χ0n) is 26.0. The molecule has 5 rings (SSSR count). The molecule has 48 heavy (non-hydrogen) atoms. The molecule has 1 atom stereocenters. The maximum Gasteiger partial charge on any atom is 0.336 e. The van der Waals surface area contributed by atoms with E-state index < -0.39 is 29.3 Å². The lowest BCUT2D eigenvalue weighted by Crippen LogP contribution is -2.39. The van der Waals surface area contributed by atoms with Crippen molar-refractivity contribution in [3.8, 4) is 17.6 Å². The van der Waals surface area contributed by atoms with Crippen LogP contribution in [-0.2, 0) is 30.5 Å². The van der Waals surface area contributed by atoms with E-state index in [9.17, 15) is 19.6 Å². The molecule has 0 aliphatic carbocycles. The fourth-order valence-electron chi connectivity index (χ4n) is 4.47. The Balaban J connectivity index is 1.35. The van der Waals surface area contributed by atoms with E-state index in [4.69, 9.17) is 30.5 Å². The highest BCUT2D eigenvalue weighted by Gasteiger charge is 2.28. The van der Waals surface area contributed by atoms with Crippen LogP contribution in [0.2, 0.25) is 5.02 Å². The molecule has 0 saturated heterocycles. The molecule has 0 saturated carbocycles. The van der Waals surface area contributed by atoms with Crippen LogP contribution in [0, 0.1) is 11.3 Å². The first-order valence-corrected chi connectivity index (χ1v) is 14.8. The Labute approximate surface area is 280 Å². The van der Waals surface area contributed by atoms with Crippen molar-refractivity contribution < 1.29 is 33.3 Å². The monoisotopic (exact) mass is 668 g/mol. The molecule has 13 nitrogen and oxygen atoms in total. The number of fused-ring (bicyclic) bond motifs is 1. The highest BCUT2D eigenvalue weighted by Crippen LogP contribution is 2.33. The average Bonchev–Trinajstić information content (AvgIpc) is 3.05. The zero-order valence-corrected chi connectivity index (χ0v) is 26.8. The summed E-state index contributed by atoms with van der Waals surface area (Å²) in [6.45, 7) is 1.78. The summed E-state index contributed by atoms with van der Waals surface area (Å²) in [6.07, 6.45) is 4.98. The quantitative estimate of drug-likeness (QED) is 0.163. The van der Waals surface area contributed by atoms with Crippen molar-refractivity contribution in [2.45, 2.75) is 19.3 Å². The first-order chi connectivity index (χ1) is 23.0. The van der Waals surface area contributed by atoms with Crippen molar-refractivity contribution in [2.24, 2.45) is 0 Å². The van der Waals surface area contributed by atoms with Crippen molar-refractivity contribution in [2.75, 3.05) is 31.3 Å². The summed E-state index contributed by atoms with van der Waals surface area (Å²) in [6, 6.07) is 19.0. The molecule has 0 fully saturated rings. The number of carbonyl (C=O) groups is 3. The SMILES string of the molecule is CN(C)C/C1=C(/C(=O)Nc2ccc3nccc(OC(C)(C#N)Nc4ccc(OCc5ccccn5)c(Cl)c4)c3c2)OC(=O)/C=C\C(=O)O1. The molecule has 14 heteroatoms. The molecular weight excluding hydrogens is 640 g/mol. The number of hydrogen-bond donors (Lipinski definition) is 2. The number of pyridine rings is 2. The Kier molecular flexibility index (Phi) is 10.2. The van der Waals surface area contributed by atoms with Gasteiger partial charge in [-0.05, 0) is 68.7 Å². The lowest BCUT2D eigenvalue weighted by molar-refractivity contribution is -0.142. The van der Waals surface area contributed by atoms with E-state index in [2.05, 4.69) is 26.7 Å². The number of halogens is 1. The molecule has 1 amide bonds. The highest BCUT2D eigenvalue weighted by molar-refractivity contribution is 6.32. The maximum atomic E-state index is 13.3. The minimum atomic E-state index is -1.58. The first-order valence-electron chi connectivity index (χ1n) is 14.4. The van der Waals surface area contributed by atoms with Crippen molar-refractivity contribution in [1.82, 2.24) is 14.9 Å². The number of hydrogen-bond acceptors (Lipinski definition) is 12. The second-order valence-electron chi connectivity index (χ2n) is 10.8. The minimum absolute atomic E-state index is 0.00111. The van der Waals surface area contributed by atoms with Crippen LogP contribution >= 0.6 is 11.6 Å². The standard InChI is InChI=1S/C34H29ClN6O7/c1-34(20-36,40-22-8-10-28(25(35)17-22)45-19-23-6-4-5-14-37-23)48-27-13-15-38-26-9-7-21(16-24(26)27)39-33(44)32-29(18-41(2)3)46-30(42)11-12-31(43)47-32/h4-17,40H,18-19H2,1-3H3,(H,39,44)/b12-11-,32-29+. The number of aromatic nitrogens is 2. The van der Waals surface area contributed by atoms with Gasteiger partial charge in [-0.1, -0.05) is 17.7 Å². The number of amides is 1. The molecule has 1 aliphatic heterocycles. The van der Waals surface area contributed by atoms with Crippen LogP contribution in [0.1, 0.15) is 12.6 Å². The second-order valence-corrected chi connectivity index (χ2v) is 11.2. The number of nitriles is 1. The van der Waals surface area contributed by atoms with Gasteiger partial charge in [0.15, 0.2) is 5.76 Å². The Morgan fingerprint density at radius 2 is 1.75 bits per heavy atom. The van der Waals surface area contributed by atoms with Gasteiger partial charge in [0, 0.05) is 48.2 Å². The normalized spacial score (nSPS) is 16.4. The van der Waals surface area contributed by atoms with E-state index in [0.29, 0.717) is 27.4 Å². The van der Waals surface area contributed by atoms with E-state index >= 15 is 0 Å². The van der Waals surface area contributed by atoms with Gasteiger partial charge in [-0.3, -0.25) is 14.8 Å². The summed E-state index contributed by atoms with van der Waals surface area (Å²) in [4.78, 5) is 47.8. The first kappa shape index (κ1) is 33.4. The van der Waals surface area contributed by atoms with E-state index in [1.54, 1.807) is 74.6 Å². The molecule has 2 aromatic heterocycles. The largest absolute Gasteiger partial charge is 0.486 e. The third-order valence-electron chi connectivity index (χ3n) is 6.60. The van der Waals surface area contributed by atoms with Crippen LogP contribution in [0.4, 0.5) is 11.4 Å². The molecule has 2 aromatic carbocycles. The number of nitrogens with one attached hydrogen (secondary N) is 2. The summed E-state index contributed by atoms with van der Waals surface area (Å²) < 4.78 is 22.5.